The second-order valence-electron chi connectivity index (χ2n) is 8.63. The number of hydrogen-bond donors (Lipinski definition) is 5. The summed E-state index contributed by atoms with van der Waals surface area (Å²) in [4.78, 5) is 50.0. The average molecular weight is 507 g/mol. The van der Waals surface area contributed by atoms with Crippen LogP contribution in [-0.2, 0) is 19.2 Å². The smallest absolute Gasteiger partial charge is 0.326 e. The predicted molar refractivity (Wildman–Crippen MR) is 136 cm³/mol. The lowest BCUT2D eigenvalue weighted by Crippen LogP contribution is -2.57. The van der Waals surface area contributed by atoms with Gasteiger partial charge in [-0.25, -0.2) is 4.79 Å². The van der Waals surface area contributed by atoms with Crippen LogP contribution in [0.3, 0.4) is 0 Å². The minimum Gasteiger partial charge on any atom is -0.480 e. The minimum absolute atomic E-state index is 0.0386. The van der Waals surface area contributed by atoms with E-state index in [9.17, 15) is 24.3 Å². The van der Waals surface area contributed by atoms with Crippen molar-refractivity contribution >= 4 is 47.2 Å². The Hall–Kier alpha value is -1.46. The number of rotatable bonds is 17. The van der Waals surface area contributed by atoms with Gasteiger partial charge < -0.3 is 26.8 Å². The third kappa shape index (κ3) is 12.5. The van der Waals surface area contributed by atoms with Crippen LogP contribution in [0.15, 0.2) is 0 Å². The molecule has 5 unspecified atom stereocenters. The van der Waals surface area contributed by atoms with Crippen LogP contribution in [0, 0.1) is 11.8 Å². The molecular formula is C22H42N4O5S2. The fraction of sp³-hybridized carbons (Fsp3) is 0.818. The number of carboxylic acid groups (broad SMARTS) is 1. The molecular weight excluding hydrogens is 464 g/mol. The van der Waals surface area contributed by atoms with Crippen molar-refractivity contribution < 1.29 is 24.3 Å². The molecule has 3 amide bonds. The van der Waals surface area contributed by atoms with Gasteiger partial charge in [0.1, 0.15) is 18.1 Å². The van der Waals surface area contributed by atoms with Gasteiger partial charge in [0.2, 0.25) is 17.7 Å². The molecule has 0 aromatic rings. The van der Waals surface area contributed by atoms with Gasteiger partial charge in [0, 0.05) is 0 Å². The number of nitrogens with one attached hydrogen (secondary N) is 3. The van der Waals surface area contributed by atoms with E-state index in [1.165, 1.54) is 23.5 Å². The van der Waals surface area contributed by atoms with Crippen molar-refractivity contribution in [2.45, 2.75) is 77.5 Å². The second-order valence-corrected chi connectivity index (χ2v) is 10.6. The van der Waals surface area contributed by atoms with Crippen molar-refractivity contribution in [1.82, 2.24) is 16.0 Å². The Kier molecular flexibility index (Phi) is 16.3. The quantitative estimate of drug-likeness (QED) is 0.199. The lowest BCUT2D eigenvalue weighted by atomic mass is 9.99. The Morgan fingerprint density at radius 2 is 1.24 bits per heavy atom. The van der Waals surface area contributed by atoms with Crippen LogP contribution in [-0.4, -0.2) is 77.0 Å². The van der Waals surface area contributed by atoms with Crippen LogP contribution < -0.4 is 21.7 Å². The highest BCUT2D eigenvalue weighted by molar-refractivity contribution is 7.98. The van der Waals surface area contributed by atoms with Gasteiger partial charge in [0.15, 0.2) is 0 Å². The lowest BCUT2D eigenvalue weighted by molar-refractivity contribution is -0.142. The van der Waals surface area contributed by atoms with E-state index in [2.05, 4.69) is 16.0 Å². The normalized spacial score (nSPS) is 15.8. The Balaban J connectivity index is 5.45. The van der Waals surface area contributed by atoms with Crippen molar-refractivity contribution in [3.05, 3.63) is 0 Å². The Labute approximate surface area is 206 Å². The van der Waals surface area contributed by atoms with E-state index in [4.69, 9.17) is 5.73 Å². The highest BCUT2D eigenvalue weighted by atomic mass is 32.2. The molecule has 0 aromatic heterocycles. The Morgan fingerprint density at radius 3 is 1.61 bits per heavy atom. The number of carbonyl (C=O) groups excluding carboxylic acids is 3. The van der Waals surface area contributed by atoms with E-state index in [1.807, 2.05) is 40.2 Å². The van der Waals surface area contributed by atoms with Crippen LogP contribution in [0.2, 0.25) is 0 Å². The van der Waals surface area contributed by atoms with E-state index in [1.54, 1.807) is 0 Å². The summed E-state index contributed by atoms with van der Waals surface area (Å²) < 4.78 is 0. The maximum absolute atomic E-state index is 13.0. The van der Waals surface area contributed by atoms with E-state index < -0.39 is 47.9 Å². The molecule has 0 aliphatic rings. The molecule has 192 valence electrons. The summed E-state index contributed by atoms with van der Waals surface area (Å²) >= 11 is 3.06. The molecule has 0 saturated heterocycles. The number of aliphatic carboxylic acids is 1. The van der Waals surface area contributed by atoms with Crippen molar-refractivity contribution in [2.24, 2.45) is 17.6 Å². The number of amides is 3. The van der Waals surface area contributed by atoms with Crippen LogP contribution in [0.4, 0.5) is 0 Å². The molecule has 0 aromatic carbocycles. The highest BCUT2D eigenvalue weighted by Crippen LogP contribution is 2.10. The molecule has 33 heavy (non-hydrogen) atoms. The summed E-state index contributed by atoms with van der Waals surface area (Å²) in [6.45, 7) is 7.56. The fourth-order valence-corrected chi connectivity index (χ4v) is 3.97. The van der Waals surface area contributed by atoms with Crippen LogP contribution in [0.25, 0.3) is 0 Å². The number of carbonyl (C=O) groups is 4. The zero-order valence-electron chi connectivity index (χ0n) is 20.7. The molecule has 0 aliphatic heterocycles. The first-order chi connectivity index (χ1) is 15.5. The molecule has 0 radical (unpaired) electrons. The van der Waals surface area contributed by atoms with Gasteiger partial charge in [-0.2, -0.15) is 23.5 Å². The summed E-state index contributed by atoms with van der Waals surface area (Å²) in [7, 11) is 0. The van der Waals surface area contributed by atoms with Gasteiger partial charge in [-0.1, -0.05) is 34.1 Å². The predicted octanol–water partition coefficient (Wildman–Crippen LogP) is 1.45. The first kappa shape index (κ1) is 31.5. The Morgan fingerprint density at radius 1 is 0.818 bits per heavy atom. The van der Waals surface area contributed by atoms with Gasteiger partial charge in [-0.3, -0.25) is 14.4 Å². The zero-order valence-corrected chi connectivity index (χ0v) is 22.3. The maximum atomic E-state index is 13.0. The highest BCUT2D eigenvalue weighted by Gasteiger charge is 2.30. The van der Waals surface area contributed by atoms with Crippen LogP contribution in [0.5, 0.6) is 0 Å². The van der Waals surface area contributed by atoms with Crippen molar-refractivity contribution in [3.63, 3.8) is 0 Å². The standard InChI is InChI=1S/C22H42N4O5S2/c1-7-14(4)18(23)21(29)25-16(9-11-33-6)19(27)24-15(8-10-32-5)20(28)26-17(22(30)31)12-13(2)3/h13-18H,7-12,23H2,1-6H3,(H,24,27)(H,25,29)(H,26,28)(H,30,31). The van der Waals surface area contributed by atoms with Crippen molar-refractivity contribution in [2.75, 3.05) is 24.0 Å². The summed E-state index contributed by atoms with van der Waals surface area (Å²) in [5, 5.41) is 17.5. The van der Waals surface area contributed by atoms with Gasteiger partial charge in [-0.05, 0) is 55.1 Å². The van der Waals surface area contributed by atoms with Gasteiger partial charge in [0.25, 0.3) is 0 Å². The topological polar surface area (TPSA) is 151 Å². The first-order valence-corrected chi connectivity index (χ1v) is 14.1. The largest absolute Gasteiger partial charge is 0.480 e. The van der Waals surface area contributed by atoms with E-state index in [0.29, 0.717) is 24.3 Å². The second kappa shape index (κ2) is 17.0. The molecule has 0 heterocycles. The lowest BCUT2D eigenvalue weighted by Gasteiger charge is -2.26. The van der Waals surface area contributed by atoms with Gasteiger partial charge >= 0.3 is 5.97 Å². The van der Waals surface area contributed by atoms with Crippen molar-refractivity contribution in [1.29, 1.82) is 0 Å². The maximum Gasteiger partial charge on any atom is 0.326 e. The van der Waals surface area contributed by atoms with Crippen LogP contribution in [0.1, 0.15) is 53.4 Å². The molecule has 0 fully saturated rings. The number of thioether (sulfide) groups is 2. The fourth-order valence-electron chi connectivity index (χ4n) is 3.03. The molecule has 11 heteroatoms. The molecule has 0 saturated carbocycles. The summed E-state index contributed by atoms with van der Waals surface area (Å²) in [5.74, 6) is -1.28. The van der Waals surface area contributed by atoms with E-state index in [0.717, 1.165) is 6.42 Å². The summed E-state index contributed by atoms with van der Waals surface area (Å²) in [6.07, 6.45) is 5.51. The molecule has 6 N–H and O–H groups in total. The molecule has 9 nitrogen and oxygen atoms in total. The van der Waals surface area contributed by atoms with E-state index in [-0.39, 0.29) is 18.3 Å². The van der Waals surface area contributed by atoms with Gasteiger partial charge in [0.05, 0.1) is 6.04 Å². The SMILES string of the molecule is CCC(C)C(N)C(=O)NC(CCSC)C(=O)NC(CCSC)C(=O)NC(CC(C)C)C(=O)O. The van der Waals surface area contributed by atoms with Crippen LogP contribution >= 0.6 is 23.5 Å². The summed E-state index contributed by atoms with van der Waals surface area (Å²) in [6, 6.07) is -3.51. The monoisotopic (exact) mass is 506 g/mol. The van der Waals surface area contributed by atoms with Gasteiger partial charge in [-0.15, -0.1) is 0 Å². The minimum atomic E-state index is -1.11. The Bertz CT molecular complexity index is 636. The summed E-state index contributed by atoms with van der Waals surface area (Å²) in [5.41, 5.74) is 6.01. The number of carboxylic acids is 1. The third-order valence-electron chi connectivity index (χ3n) is 5.37. The number of nitrogens with two attached hydrogens (primary N) is 1. The molecule has 0 bridgehead atoms. The zero-order chi connectivity index (χ0) is 25.6. The molecule has 0 rings (SSSR count). The molecule has 5 atom stereocenters. The third-order valence-corrected chi connectivity index (χ3v) is 6.66. The average Bonchev–Trinajstić information content (AvgIpc) is 2.76. The first-order valence-electron chi connectivity index (χ1n) is 11.4. The molecule has 0 aliphatic carbocycles. The van der Waals surface area contributed by atoms with Crippen molar-refractivity contribution in [3.8, 4) is 0 Å². The molecule has 0 spiro atoms. The van der Waals surface area contributed by atoms with E-state index >= 15 is 0 Å². The number of hydrogen-bond acceptors (Lipinski definition) is 7.